The van der Waals surface area contributed by atoms with E-state index in [0.717, 1.165) is 12.7 Å². The molecule has 1 unspecified atom stereocenters. The van der Waals surface area contributed by atoms with E-state index in [4.69, 9.17) is 0 Å². The van der Waals surface area contributed by atoms with E-state index in [0.29, 0.717) is 12.0 Å². The van der Waals surface area contributed by atoms with Gasteiger partial charge in [0.25, 0.3) is 5.69 Å². The number of rotatable bonds is 7. The molecule has 0 saturated heterocycles. The molecule has 0 bridgehead atoms. The maximum Gasteiger partial charge on any atom is 0.276 e. The van der Waals surface area contributed by atoms with Gasteiger partial charge in [-0.25, -0.2) is 0 Å². The Morgan fingerprint density at radius 3 is 2.39 bits per heavy atom. The fourth-order valence-corrected chi connectivity index (χ4v) is 2.31. The smallest absolute Gasteiger partial charge is 0.276 e. The number of nitro benzene ring substituents is 1. The number of aldehydes is 1. The van der Waals surface area contributed by atoms with Crippen molar-refractivity contribution < 1.29 is 9.72 Å². The number of hydrogen-bond acceptors (Lipinski definition) is 3. The highest BCUT2D eigenvalue weighted by Gasteiger charge is 2.20. The Balaban J connectivity index is 2.14. The first kappa shape index (κ1) is 16.6. The predicted octanol–water partition coefficient (Wildman–Crippen LogP) is 4.45. The quantitative estimate of drug-likeness (QED) is 0.431. The molecule has 0 spiro atoms. The van der Waals surface area contributed by atoms with Crippen LogP contribution in [0.1, 0.15) is 24.5 Å². The van der Waals surface area contributed by atoms with Crippen LogP contribution >= 0.6 is 0 Å². The summed E-state index contributed by atoms with van der Waals surface area (Å²) in [6, 6.07) is 16.5. The first-order chi connectivity index (χ1) is 11.0. The van der Waals surface area contributed by atoms with Gasteiger partial charge in [-0.05, 0) is 31.4 Å². The number of aryl methyl sites for hydroxylation is 1. The molecule has 0 N–H and O–H groups in total. The Morgan fingerprint density at radius 2 is 1.74 bits per heavy atom. The maximum atomic E-state index is 11.5. The van der Waals surface area contributed by atoms with Gasteiger partial charge in [-0.1, -0.05) is 54.6 Å². The van der Waals surface area contributed by atoms with Crippen molar-refractivity contribution in [2.75, 3.05) is 0 Å². The van der Waals surface area contributed by atoms with Crippen LogP contribution in [-0.2, 0) is 11.2 Å². The second kappa shape index (κ2) is 7.49. The molecular formula is C19H19NO3. The van der Waals surface area contributed by atoms with Gasteiger partial charge in [-0.3, -0.25) is 10.1 Å². The number of carbonyl (C=O) groups is 1. The van der Waals surface area contributed by atoms with E-state index >= 15 is 0 Å². The highest BCUT2D eigenvalue weighted by atomic mass is 16.6. The zero-order chi connectivity index (χ0) is 16.7. The lowest BCUT2D eigenvalue weighted by molar-refractivity contribution is -0.385. The minimum atomic E-state index is -0.653. The lowest BCUT2D eigenvalue weighted by Gasteiger charge is -2.18. The average Bonchev–Trinajstić information content (AvgIpc) is 2.59. The van der Waals surface area contributed by atoms with E-state index in [1.807, 2.05) is 37.3 Å². The van der Waals surface area contributed by atoms with Crippen LogP contribution in [0, 0.1) is 15.5 Å². The molecule has 1 atom stereocenters. The molecule has 0 fully saturated rings. The van der Waals surface area contributed by atoms with Gasteiger partial charge >= 0.3 is 0 Å². The van der Waals surface area contributed by atoms with Crippen molar-refractivity contribution in [3.8, 4) is 0 Å². The third kappa shape index (κ3) is 4.61. The van der Waals surface area contributed by atoms with Gasteiger partial charge in [0.1, 0.15) is 6.29 Å². The Kier molecular flexibility index (Phi) is 5.41. The van der Waals surface area contributed by atoms with E-state index in [1.165, 1.54) is 11.6 Å². The van der Waals surface area contributed by atoms with Crippen molar-refractivity contribution in [2.24, 2.45) is 5.41 Å². The maximum absolute atomic E-state index is 11.5. The molecule has 2 aromatic carbocycles. The number of benzene rings is 2. The molecule has 0 aliphatic rings. The van der Waals surface area contributed by atoms with Crippen LogP contribution in [0.15, 0.2) is 60.7 Å². The zero-order valence-corrected chi connectivity index (χ0v) is 13.0. The second-order valence-corrected chi connectivity index (χ2v) is 5.76. The van der Waals surface area contributed by atoms with Crippen LogP contribution in [-0.4, -0.2) is 11.2 Å². The van der Waals surface area contributed by atoms with Gasteiger partial charge in [-0.15, -0.1) is 0 Å². The summed E-state index contributed by atoms with van der Waals surface area (Å²) < 4.78 is 0. The number of nitro groups is 1. The molecule has 4 nitrogen and oxygen atoms in total. The monoisotopic (exact) mass is 309 g/mol. The lowest BCUT2D eigenvalue weighted by Crippen LogP contribution is -2.16. The lowest BCUT2D eigenvalue weighted by atomic mass is 9.84. The molecule has 23 heavy (non-hydrogen) atoms. The van der Waals surface area contributed by atoms with Gasteiger partial charge in [0.2, 0.25) is 0 Å². The molecule has 0 radical (unpaired) electrons. The average molecular weight is 309 g/mol. The van der Waals surface area contributed by atoms with Gasteiger partial charge in [0.15, 0.2) is 0 Å². The molecule has 4 heteroatoms. The van der Waals surface area contributed by atoms with Crippen molar-refractivity contribution >= 4 is 18.0 Å². The first-order valence-corrected chi connectivity index (χ1v) is 7.47. The van der Waals surface area contributed by atoms with Crippen LogP contribution in [0.2, 0.25) is 0 Å². The third-order valence-electron chi connectivity index (χ3n) is 3.84. The molecule has 118 valence electrons. The third-order valence-corrected chi connectivity index (χ3v) is 3.84. The first-order valence-electron chi connectivity index (χ1n) is 7.47. The summed E-state index contributed by atoms with van der Waals surface area (Å²) in [6.07, 6.45) is 5.75. The van der Waals surface area contributed by atoms with E-state index < -0.39 is 10.3 Å². The van der Waals surface area contributed by atoms with E-state index in [2.05, 4.69) is 0 Å². The van der Waals surface area contributed by atoms with Crippen LogP contribution in [0.4, 0.5) is 5.69 Å². The Bertz CT molecular complexity index is 710. The summed E-state index contributed by atoms with van der Waals surface area (Å²) in [5, 5.41) is 11.0. The Hall–Kier alpha value is -2.75. The van der Waals surface area contributed by atoms with Crippen molar-refractivity contribution in [3.63, 3.8) is 0 Å². The summed E-state index contributed by atoms with van der Waals surface area (Å²) in [4.78, 5) is 22.1. The summed E-state index contributed by atoms with van der Waals surface area (Å²) in [6.45, 7) is 1.84. The van der Waals surface area contributed by atoms with Gasteiger partial charge < -0.3 is 4.79 Å². The van der Waals surface area contributed by atoms with Gasteiger partial charge in [0.05, 0.1) is 10.5 Å². The molecule has 2 aromatic rings. The highest BCUT2D eigenvalue weighted by molar-refractivity contribution is 5.68. The zero-order valence-electron chi connectivity index (χ0n) is 13.0. The van der Waals surface area contributed by atoms with Crippen molar-refractivity contribution in [1.82, 2.24) is 0 Å². The largest absolute Gasteiger partial charge is 0.302 e. The van der Waals surface area contributed by atoms with Crippen LogP contribution in [0.25, 0.3) is 6.08 Å². The van der Waals surface area contributed by atoms with Crippen LogP contribution < -0.4 is 0 Å². The Labute approximate surface area is 135 Å². The normalized spacial score (nSPS) is 13.6. The molecule has 0 aromatic heterocycles. The summed E-state index contributed by atoms with van der Waals surface area (Å²) in [7, 11) is 0. The number of nitrogens with zero attached hydrogens (tertiary/aromatic N) is 1. The highest BCUT2D eigenvalue weighted by Crippen LogP contribution is 2.26. The summed E-state index contributed by atoms with van der Waals surface area (Å²) in [5.41, 5.74) is 1.06. The minimum absolute atomic E-state index is 0.0417. The molecule has 0 heterocycles. The SMILES string of the molecule is CC(C=O)(/C=C/c1ccccc1[N+](=O)[O-])CCc1ccccc1. The van der Waals surface area contributed by atoms with Gasteiger partial charge in [0, 0.05) is 11.5 Å². The number of carbonyl (C=O) groups excluding carboxylic acids is 1. The molecular weight excluding hydrogens is 290 g/mol. The number of hydrogen-bond donors (Lipinski definition) is 0. The molecule has 0 aliphatic carbocycles. The standard InChI is InChI=1S/C19H19NO3/c1-19(15-21,13-11-16-7-3-2-4-8-16)14-12-17-9-5-6-10-18(17)20(22)23/h2-10,12,14-15H,11,13H2,1H3/b14-12+. The number of allylic oxidation sites excluding steroid dienone is 1. The number of para-hydroxylation sites is 1. The molecule has 2 rings (SSSR count). The van der Waals surface area contributed by atoms with Gasteiger partial charge in [-0.2, -0.15) is 0 Å². The predicted molar refractivity (Wildman–Crippen MR) is 91.1 cm³/mol. The van der Waals surface area contributed by atoms with Crippen LogP contribution in [0.3, 0.4) is 0 Å². The summed E-state index contributed by atoms with van der Waals surface area (Å²) >= 11 is 0. The van der Waals surface area contributed by atoms with E-state index in [1.54, 1.807) is 30.4 Å². The van der Waals surface area contributed by atoms with Crippen molar-refractivity contribution in [3.05, 3.63) is 81.9 Å². The minimum Gasteiger partial charge on any atom is -0.302 e. The fourth-order valence-electron chi connectivity index (χ4n) is 2.31. The van der Waals surface area contributed by atoms with E-state index in [9.17, 15) is 14.9 Å². The summed E-state index contributed by atoms with van der Waals surface area (Å²) in [5.74, 6) is 0. The van der Waals surface area contributed by atoms with Crippen molar-refractivity contribution in [2.45, 2.75) is 19.8 Å². The van der Waals surface area contributed by atoms with E-state index in [-0.39, 0.29) is 5.69 Å². The fraction of sp³-hybridized carbons (Fsp3) is 0.211. The molecule has 0 saturated carbocycles. The van der Waals surface area contributed by atoms with Crippen LogP contribution in [0.5, 0.6) is 0 Å². The molecule has 0 amide bonds. The van der Waals surface area contributed by atoms with Crippen molar-refractivity contribution in [1.29, 1.82) is 0 Å². The molecule has 0 aliphatic heterocycles. The topological polar surface area (TPSA) is 60.2 Å². The Morgan fingerprint density at radius 1 is 1.09 bits per heavy atom. The second-order valence-electron chi connectivity index (χ2n) is 5.76.